The molecule has 0 aromatic carbocycles. The first-order valence-electron chi connectivity index (χ1n) is 7.48. The van der Waals surface area contributed by atoms with E-state index in [0.717, 1.165) is 45.7 Å². The Hall–Kier alpha value is -0.690. The smallest absolute Gasteiger partial charge is 0.236 e. The lowest BCUT2D eigenvalue weighted by Crippen LogP contribution is -2.49. The van der Waals surface area contributed by atoms with Crippen molar-refractivity contribution in [3.8, 4) is 0 Å². The predicted octanol–water partition coefficient (Wildman–Crippen LogP) is -0.682. The third kappa shape index (κ3) is 7.19. The van der Waals surface area contributed by atoms with Crippen molar-refractivity contribution in [1.29, 1.82) is 0 Å². The molecule has 0 aliphatic carbocycles. The Kier molecular flexibility index (Phi) is 8.77. The van der Waals surface area contributed by atoms with Crippen LogP contribution in [0.2, 0.25) is 0 Å². The second-order valence-corrected chi connectivity index (χ2v) is 5.56. The standard InChI is InChI=1S/C14H30N4O2/c1-16(2)7-4-8-18(11-12-20-3)14(19)13-17-9-5-15-6-10-17/h15H,4-13H2,1-3H3. The number of piperazine rings is 1. The molecule has 0 aromatic heterocycles. The fourth-order valence-corrected chi connectivity index (χ4v) is 2.30. The quantitative estimate of drug-likeness (QED) is 0.608. The average Bonchev–Trinajstić information content (AvgIpc) is 2.43. The van der Waals surface area contributed by atoms with Crippen LogP contribution in [0.15, 0.2) is 0 Å². The van der Waals surface area contributed by atoms with Crippen molar-refractivity contribution in [2.45, 2.75) is 6.42 Å². The van der Waals surface area contributed by atoms with E-state index in [1.54, 1.807) is 7.11 Å². The van der Waals surface area contributed by atoms with Crippen LogP contribution < -0.4 is 5.32 Å². The molecule has 0 spiro atoms. The Morgan fingerprint density at radius 1 is 1.20 bits per heavy atom. The van der Waals surface area contributed by atoms with Gasteiger partial charge in [-0.1, -0.05) is 0 Å². The van der Waals surface area contributed by atoms with Crippen molar-refractivity contribution in [2.75, 3.05) is 80.2 Å². The lowest BCUT2D eigenvalue weighted by atomic mass is 10.3. The van der Waals surface area contributed by atoms with Crippen LogP contribution >= 0.6 is 0 Å². The van der Waals surface area contributed by atoms with Gasteiger partial charge in [0.25, 0.3) is 0 Å². The van der Waals surface area contributed by atoms with Gasteiger partial charge >= 0.3 is 0 Å². The molecule has 0 radical (unpaired) electrons. The van der Waals surface area contributed by atoms with E-state index in [1.165, 1.54) is 0 Å². The molecule has 6 heteroatoms. The van der Waals surface area contributed by atoms with E-state index in [1.807, 2.05) is 4.90 Å². The van der Waals surface area contributed by atoms with E-state index in [2.05, 4.69) is 29.2 Å². The largest absolute Gasteiger partial charge is 0.383 e. The van der Waals surface area contributed by atoms with Gasteiger partial charge in [-0.2, -0.15) is 0 Å². The van der Waals surface area contributed by atoms with Gasteiger partial charge in [0.1, 0.15) is 0 Å². The van der Waals surface area contributed by atoms with Crippen molar-refractivity contribution < 1.29 is 9.53 Å². The monoisotopic (exact) mass is 286 g/mol. The second-order valence-electron chi connectivity index (χ2n) is 5.56. The van der Waals surface area contributed by atoms with Crippen LogP contribution in [0.3, 0.4) is 0 Å². The Morgan fingerprint density at radius 3 is 2.50 bits per heavy atom. The number of methoxy groups -OCH3 is 1. The van der Waals surface area contributed by atoms with Crippen LogP contribution in [-0.4, -0.2) is 101 Å². The minimum atomic E-state index is 0.225. The van der Waals surface area contributed by atoms with Crippen LogP contribution in [0.4, 0.5) is 0 Å². The fraction of sp³-hybridized carbons (Fsp3) is 0.929. The molecule has 1 N–H and O–H groups in total. The van der Waals surface area contributed by atoms with Crippen LogP contribution in [0.5, 0.6) is 0 Å². The summed E-state index contributed by atoms with van der Waals surface area (Å²) in [5.74, 6) is 0.225. The van der Waals surface area contributed by atoms with Crippen molar-refractivity contribution >= 4 is 5.91 Å². The molecule has 1 rings (SSSR count). The van der Waals surface area contributed by atoms with Gasteiger partial charge in [-0.05, 0) is 27.1 Å². The number of amides is 1. The molecule has 1 saturated heterocycles. The first-order valence-corrected chi connectivity index (χ1v) is 7.48. The first kappa shape index (κ1) is 17.4. The summed E-state index contributed by atoms with van der Waals surface area (Å²) in [5.41, 5.74) is 0. The molecule has 1 heterocycles. The maximum atomic E-state index is 12.4. The molecule has 1 aliphatic rings. The highest BCUT2D eigenvalue weighted by Crippen LogP contribution is 1.99. The van der Waals surface area contributed by atoms with E-state index < -0.39 is 0 Å². The topological polar surface area (TPSA) is 48.1 Å². The molecule has 1 fully saturated rings. The number of nitrogens with zero attached hydrogens (tertiary/aromatic N) is 3. The molecule has 0 atom stereocenters. The zero-order valence-electron chi connectivity index (χ0n) is 13.2. The van der Waals surface area contributed by atoms with Gasteiger partial charge in [0, 0.05) is 46.4 Å². The molecule has 0 bridgehead atoms. The molecule has 20 heavy (non-hydrogen) atoms. The van der Waals surface area contributed by atoms with Gasteiger partial charge in [-0.15, -0.1) is 0 Å². The summed E-state index contributed by atoms with van der Waals surface area (Å²) >= 11 is 0. The Morgan fingerprint density at radius 2 is 1.90 bits per heavy atom. The highest BCUT2D eigenvalue weighted by atomic mass is 16.5. The van der Waals surface area contributed by atoms with Crippen LogP contribution in [0, 0.1) is 0 Å². The van der Waals surface area contributed by atoms with Crippen LogP contribution in [0.1, 0.15) is 6.42 Å². The van der Waals surface area contributed by atoms with Crippen LogP contribution in [-0.2, 0) is 9.53 Å². The summed E-state index contributed by atoms with van der Waals surface area (Å²) < 4.78 is 5.11. The molecule has 0 saturated carbocycles. The number of carbonyl (C=O) groups excluding carboxylic acids is 1. The zero-order valence-corrected chi connectivity index (χ0v) is 13.2. The maximum Gasteiger partial charge on any atom is 0.236 e. The molecule has 118 valence electrons. The second kappa shape index (κ2) is 10.1. The minimum Gasteiger partial charge on any atom is -0.383 e. The van der Waals surface area contributed by atoms with Crippen molar-refractivity contribution in [3.63, 3.8) is 0 Å². The van der Waals surface area contributed by atoms with Crippen molar-refractivity contribution in [3.05, 3.63) is 0 Å². The number of hydrogen-bond acceptors (Lipinski definition) is 5. The van der Waals surface area contributed by atoms with Crippen molar-refractivity contribution in [1.82, 2.24) is 20.0 Å². The van der Waals surface area contributed by atoms with Gasteiger partial charge in [-0.25, -0.2) is 0 Å². The molecule has 0 unspecified atom stereocenters. The normalized spacial score (nSPS) is 16.6. The van der Waals surface area contributed by atoms with E-state index in [-0.39, 0.29) is 5.91 Å². The number of hydrogen-bond donors (Lipinski definition) is 1. The van der Waals surface area contributed by atoms with Crippen LogP contribution in [0.25, 0.3) is 0 Å². The van der Waals surface area contributed by atoms with Gasteiger partial charge < -0.3 is 19.9 Å². The highest BCUT2D eigenvalue weighted by Gasteiger charge is 2.18. The first-order chi connectivity index (χ1) is 9.63. The fourth-order valence-electron chi connectivity index (χ4n) is 2.30. The van der Waals surface area contributed by atoms with Gasteiger partial charge in [0.15, 0.2) is 0 Å². The lowest BCUT2D eigenvalue weighted by Gasteiger charge is -2.30. The number of carbonyl (C=O) groups is 1. The summed E-state index contributed by atoms with van der Waals surface area (Å²) in [4.78, 5) is 18.7. The summed E-state index contributed by atoms with van der Waals surface area (Å²) in [7, 11) is 5.79. The molecule has 1 amide bonds. The van der Waals surface area contributed by atoms with Crippen molar-refractivity contribution in [2.24, 2.45) is 0 Å². The van der Waals surface area contributed by atoms with Gasteiger partial charge in [0.2, 0.25) is 5.91 Å². The summed E-state index contributed by atoms with van der Waals surface area (Å²) in [6.07, 6.45) is 1.00. The Balaban J connectivity index is 2.36. The highest BCUT2D eigenvalue weighted by molar-refractivity contribution is 5.78. The Labute approximate surface area is 123 Å². The summed E-state index contributed by atoms with van der Waals surface area (Å²) in [6.45, 7) is 7.52. The van der Waals surface area contributed by atoms with E-state index in [4.69, 9.17) is 4.74 Å². The minimum absolute atomic E-state index is 0.225. The molecular formula is C14H30N4O2. The van der Waals surface area contributed by atoms with E-state index in [9.17, 15) is 4.79 Å². The molecular weight excluding hydrogens is 256 g/mol. The average molecular weight is 286 g/mol. The number of nitrogens with one attached hydrogen (secondary N) is 1. The summed E-state index contributed by atoms with van der Waals surface area (Å²) in [5, 5.41) is 3.31. The third-order valence-corrected chi connectivity index (χ3v) is 3.52. The third-order valence-electron chi connectivity index (χ3n) is 3.52. The molecule has 0 aromatic rings. The zero-order chi connectivity index (χ0) is 14.8. The Bertz CT molecular complexity index is 268. The maximum absolute atomic E-state index is 12.4. The SMILES string of the molecule is COCCN(CCCN(C)C)C(=O)CN1CCNCC1. The molecule has 1 aliphatic heterocycles. The van der Waals surface area contributed by atoms with Gasteiger partial charge in [-0.3, -0.25) is 9.69 Å². The lowest BCUT2D eigenvalue weighted by molar-refractivity contribution is -0.133. The van der Waals surface area contributed by atoms with Gasteiger partial charge in [0.05, 0.1) is 13.2 Å². The van der Waals surface area contributed by atoms with E-state index >= 15 is 0 Å². The number of rotatable bonds is 9. The molecule has 6 nitrogen and oxygen atoms in total. The number of ether oxygens (including phenoxy) is 1. The summed E-state index contributed by atoms with van der Waals surface area (Å²) in [6, 6.07) is 0. The predicted molar refractivity (Wildman–Crippen MR) is 80.9 cm³/mol. The van der Waals surface area contributed by atoms with E-state index in [0.29, 0.717) is 19.7 Å².